The van der Waals surface area contributed by atoms with Crippen molar-refractivity contribution in [2.45, 2.75) is 46.0 Å². The molecule has 0 aliphatic carbocycles. The maximum absolute atomic E-state index is 13.6. The first-order chi connectivity index (χ1) is 20.4. The number of aryl methyl sites for hydroxylation is 4. The van der Waals surface area contributed by atoms with Crippen molar-refractivity contribution in [1.29, 1.82) is 5.26 Å². The number of aromatic amines is 1. The summed E-state index contributed by atoms with van der Waals surface area (Å²) >= 11 is 0. The number of aromatic nitrogens is 4. The zero-order valence-electron chi connectivity index (χ0n) is 24.2. The summed E-state index contributed by atoms with van der Waals surface area (Å²) in [5.74, 6) is -0.768. The highest BCUT2D eigenvalue weighted by Crippen LogP contribution is 2.43. The third kappa shape index (κ3) is 6.03. The van der Waals surface area contributed by atoms with Crippen LogP contribution in [-0.2, 0) is 28.7 Å². The topological polar surface area (TPSA) is 108 Å². The molecule has 0 fully saturated rings. The van der Waals surface area contributed by atoms with Gasteiger partial charge in [-0.3, -0.25) is 4.90 Å². The van der Waals surface area contributed by atoms with Gasteiger partial charge in [-0.05, 0) is 68.3 Å². The Hall–Kier alpha value is -4.70. The lowest BCUT2D eigenvalue weighted by molar-refractivity contribution is -0.697. The fourth-order valence-corrected chi connectivity index (χ4v) is 5.61. The first-order valence-corrected chi connectivity index (χ1v) is 13.4. The van der Waals surface area contributed by atoms with Crippen LogP contribution in [0, 0.1) is 25.2 Å². The van der Waals surface area contributed by atoms with Crippen molar-refractivity contribution < 1.29 is 44.3 Å². The second-order valence-corrected chi connectivity index (χ2v) is 10.4. The first kappa shape index (κ1) is 32.2. The minimum absolute atomic E-state index is 0. The zero-order chi connectivity index (χ0) is 31.1. The number of nitriles is 1. The molecule has 0 saturated heterocycles. The van der Waals surface area contributed by atoms with Crippen LogP contribution in [0.2, 0.25) is 0 Å². The van der Waals surface area contributed by atoms with Gasteiger partial charge >= 0.3 is 17.8 Å². The molecule has 1 N–H and O–H groups in total. The molecule has 0 saturated carbocycles. The third-order valence-electron chi connectivity index (χ3n) is 7.38. The summed E-state index contributed by atoms with van der Waals surface area (Å²) < 4.78 is 49.2. The van der Waals surface area contributed by atoms with Crippen LogP contribution in [0.3, 0.4) is 0 Å². The van der Waals surface area contributed by atoms with E-state index in [0.717, 1.165) is 23.3 Å². The molecule has 1 aliphatic rings. The highest BCUT2D eigenvalue weighted by Gasteiger charge is 2.41. The van der Waals surface area contributed by atoms with Crippen molar-refractivity contribution in [1.82, 2.24) is 14.8 Å². The molecule has 0 spiro atoms. The quantitative estimate of drug-likeness (QED) is 0.248. The Kier molecular flexibility index (Phi) is 9.15. The van der Waals surface area contributed by atoms with Crippen molar-refractivity contribution in [3.8, 4) is 6.07 Å². The third-order valence-corrected chi connectivity index (χ3v) is 7.38. The van der Waals surface area contributed by atoms with E-state index in [-0.39, 0.29) is 39.9 Å². The molecule has 0 amide bonds. The normalized spacial score (nSPS) is 14.5. The number of alkyl halides is 3. The average molecular weight is 670 g/mol. The second kappa shape index (κ2) is 12.5. The van der Waals surface area contributed by atoms with E-state index in [1.807, 2.05) is 30.8 Å². The van der Waals surface area contributed by atoms with Crippen molar-refractivity contribution in [2.75, 3.05) is 12.0 Å². The van der Waals surface area contributed by atoms with Gasteiger partial charge in [-0.1, -0.05) is 12.1 Å². The van der Waals surface area contributed by atoms with Gasteiger partial charge in [-0.15, -0.1) is 5.10 Å². The van der Waals surface area contributed by atoms with E-state index < -0.39 is 29.4 Å². The van der Waals surface area contributed by atoms with Gasteiger partial charge in [-0.25, -0.2) is 23.8 Å². The Balaban J connectivity index is 0.00000442. The molecule has 9 nitrogen and oxygen atoms in total. The molecule has 4 aromatic rings. The average Bonchev–Trinajstić information content (AvgIpc) is 3.34. The minimum Gasteiger partial charge on any atom is -1.00 e. The van der Waals surface area contributed by atoms with Gasteiger partial charge in [0.05, 0.1) is 29.9 Å². The van der Waals surface area contributed by atoms with Crippen LogP contribution in [0.5, 0.6) is 0 Å². The fraction of sp³-hybridized carbons (Fsp3) is 0.258. The van der Waals surface area contributed by atoms with E-state index >= 15 is 0 Å². The largest absolute Gasteiger partial charge is 1.00 e. The van der Waals surface area contributed by atoms with E-state index in [4.69, 9.17) is 4.74 Å². The van der Waals surface area contributed by atoms with Gasteiger partial charge in [0.25, 0.3) is 0 Å². The predicted octanol–water partition coefficient (Wildman–Crippen LogP) is 1.80. The SMILES string of the molecule is COC(=O)C1=C(C)N(c2cccc(C(F)(F)F)c2)c2n[nH]c(=O)n2C1c1ccc(C#N)cc1CC[n+]1cc(C)cc(C)c1.[Br-]. The number of pyridine rings is 1. The Labute approximate surface area is 261 Å². The summed E-state index contributed by atoms with van der Waals surface area (Å²) in [7, 11) is 1.19. The lowest BCUT2D eigenvalue weighted by atomic mass is 9.89. The molecule has 0 bridgehead atoms. The summed E-state index contributed by atoms with van der Waals surface area (Å²) in [4.78, 5) is 28.0. The molecule has 2 aromatic carbocycles. The zero-order valence-corrected chi connectivity index (χ0v) is 25.8. The number of benzene rings is 2. The molecule has 0 radical (unpaired) electrons. The molecule has 2 aromatic heterocycles. The number of halogens is 4. The maximum atomic E-state index is 13.6. The van der Waals surface area contributed by atoms with Gasteiger partial charge in [0, 0.05) is 28.9 Å². The van der Waals surface area contributed by atoms with Crippen molar-refractivity contribution in [3.05, 3.63) is 116 Å². The number of anilines is 2. The van der Waals surface area contributed by atoms with Crippen LogP contribution in [0.1, 0.15) is 46.3 Å². The van der Waals surface area contributed by atoms with Crippen LogP contribution in [0.25, 0.3) is 0 Å². The summed E-state index contributed by atoms with van der Waals surface area (Å²) in [6.07, 6.45) is -0.177. The molecule has 228 valence electrons. The van der Waals surface area contributed by atoms with E-state index in [0.29, 0.717) is 29.7 Å². The van der Waals surface area contributed by atoms with Gasteiger partial charge < -0.3 is 21.7 Å². The highest BCUT2D eigenvalue weighted by atomic mass is 79.9. The van der Waals surface area contributed by atoms with Crippen LogP contribution < -0.4 is 32.1 Å². The van der Waals surface area contributed by atoms with E-state index in [9.17, 15) is 28.0 Å². The number of methoxy groups -OCH3 is 1. The minimum atomic E-state index is -4.62. The van der Waals surface area contributed by atoms with Crippen LogP contribution in [0.15, 0.2) is 77.0 Å². The maximum Gasteiger partial charge on any atom is 0.416 e. The molecule has 44 heavy (non-hydrogen) atoms. The van der Waals surface area contributed by atoms with Gasteiger partial charge in [-0.2, -0.15) is 18.4 Å². The first-order valence-electron chi connectivity index (χ1n) is 13.4. The predicted molar refractivity (Wildman–Crippen MR) is 150 cm³/mol. The number of esters is 1. The summed E-state index contributed by atoms with van der Waals surface area (Å²) in [6, 6.07) is 12.7. The molecule has 3 heterocycles. The molecule has 1 unspecified atom stereocenters. The fourth-order valence-electron chi connectivity index (χ4n) is 5.61. The van der Waals surface area contributed by atoms with Gasteiger partial charge in [0.15, 0.2) is 18.9 Å². The van der Waals surface area contributed by atoms with Crippen molar-refractivity contribution in [3.63, 3.8) is 0 Å². The second-order valence-electron chi connectivity index (χ2n) is 10.4. The van der Waals surface area contributed by atoms with Gasteiger partial charge in [0.1, 0.15) is 6.04 Å². The summed E-state index contributed by atoms with van der Waals surface area (Å²) in [5.41, 5.74) is 2.57. The monoisotopic (exact) mass is 668 g/mol. The number of ether oxygens (including phenoxy) is 1. The molecular formula is C31H28BrF3N6O3. The Morgan fingerprint density at radius 2 is 1.82 bits per heavy atom. The summed E-state index contributed by atoms with van der Waals surface area (Å²) in [6.45, 7) is 6.09. The van der Waals surface area contributed by atoms with Crippen LogP contribution >= 0.6 is 0 Å². The molecule has 13 heteroatoms. The van der Waals surface area contributed by atoms with E-state index in [1.54, 1.807) is 25.1 Å². The number of hydrogen-bond acceptors (Lipinski definition) is 6. The number of rotatable bonds is 6. The number of carbonyl (C=O) groups excluding carboxylic acids is 1. The number of fused-ring (bicyclic) bond motifs is 1. The smallest absolute Gasteiger partial charge is 0.416 e. The lowest BCUT2D eigenvalue weighted by Crippen LogP contribution is -3.00. The molecule has 1 aliphatic heterocycles. The number of nitrogens with zero attached hydrogens (tertiary/aromatic N) is 5. The van der Waals surface area contributed by atoms with Crippen molar-refractivity contribution in [2.24, 2.45) is 0 Å². The molecule has 5 rings (SSSR count). The lowest BCUT2D eigenvalue weighted by Gasteiger charge is -2.36. The highest BCUT2D eigenvalue weighted by molar-refractivity contribution is 5.93. The van der Waals surface area contributed by atoms with Gasteiger partial charge in [0.2, 0.25) is 5.95 Å². The van der Waals surface area contributed by atoms with E-state index in [1.165, 1.54) is 28.7 Å². The van der Waals surface area contributed by atoms with Crippen LogP contribution in [0.4, 0.5) is 24.8 Å². The number of nitrogens with one attached hydrogen (secondary N) is 1. The number of hydrogen-bond donors (Lipinski definition) is 1. The molecule has 1 atom stereocenters. The Morgan fingerprint density at radius 3 is 2.45 bits per heavy atom. The number of H-pyrrole nitrogens is 1. The van der Waals surface area contributed by atoms with Crippen LogP contribution in [-0.4, -0.2) is 27.8 Å². The Bertz CT molecular complexity index is 1850. The van der Waals surface area contributed by atoms with Crippen molar-refractivity contribution >= 4 is 17.6 Å². The standard InChI is InChI=1S/C31H27F3N6O3.BrH/c1-18-12-19(2)17-38(16-18)11-10-22-13-21(15-35)8-9-25(22)27-26(28(41)43-4)20(3)39(29-36-37-30(42)40(27)29)24-7-5-6-23(14-24)31(32,33)34;/h5-9,12-14,16-17,27H,10-11H2,1-4H3;1H. The molecular weight excluding hydrogens is 641 g/mol. The van der Waals surface area contributed by atoms with E-state index in [2.05, 4.69) is 22.3 Å². The summed E-state index contributed by atoms with van der Waals surface area (Å²) in [5, 5.41) is 16.2. The number of allylic oxidation sites excluding steroid dienone is 1. The number of carbonyl (C=O) groups is 1. The Morgan fingerprint density at radius 1 is 1.11 bits per heavy atom.